The second-order valence-corrected chi connectivity index (χ2v) is 5.21. The molecule has 1 amide bonds. The van der Waals surface area contributed by atoms with Crippen LogP contribution in [0.3, 0.4) is 0 Å². The molecule has 0 bridgehead atoms. The smallest absolute Gasteiger partial charge is 0.278 e. The average Bonchev–Trinajstić information content (AvgIpc) is 2.53. The largest absolute Gasteiger partial charge is 0.548 e. The molecule has 0 aliphatic carbocycles. The van der Waals surface area contributed by atoms with Crippen LogP contribution in [0.2, 0.25) is 0 Å². The maximum Gasteiger partial charge on any atom is 0.278 e. The van der Waals surface area contributed by atoms with Crippen molar-refractivity contribution in [2.75, 3.05) is 0 Å². The molecule has 0 saturated heterocycles. The lowest BCUT2D eigenvalue weighted by molar-refractivity contribution is -0.307. The summed E-state index contributed by atoms with van der Waals surface area (Å²) in [5.41, 5.74) is -0.00202. The van der Waals surface area contributed by atoms with Crippen molar-refractivity contribution in [2.24, 2.45) is 0 Å². The SMILES string of the molecule is CCC[C@@H](C(=O)N[C@@H](C)C(=O)[O-])n1nnc2ccccc2c1=O. The average molecular weight is 317 g/mol. The van der Waals surface area contributed by atoms with E-state index in [0.717, 1.165) is 4.68 Å². The summed E-state index contributed by atoms with van der Waals surface area (Å²) in [7, 11) is 0. The van der Waals surface area contributed by atoms with Gasteiger partial charge in [-0.2, -0.15) is 4.68 Å². The molecule has 2 atom stereocenters. The Morgan fingerprint density at radius 3 is 2.70 bits per heavy atom. The second-order valence-electron chi connectivity index (χ2n) is 5.21. The highest BCUT2D eigenvalue weighted by molar-refractivity contribution is 5.85. The first-order valence-corrected chi connectivity index (χ1v) is 7.31. The first kappa shape index (κ1) is 16.6. The molecule has 23 heavy (non-hydrogen) atoms. The zero-order valence-electron chi connectivity index (χ0n) is 12.9. The van der Waals surface area contributed by atoms with E-state index in [-0.39, 0.29) is 0 Å². The van der Waals surface area contributed by atoms with Gasteiger partial charge in [0.25, 0.3) is 5.56 Å². The van der Waals surface area contributed by atoms with Gasteiger partial charge in [-0.3, -0.25) is 9.59 Å². The van der Waals surface area contributed by atoms with E-state index in [1.165, 1.54) is 6.92 Å². The predicted octanol–water partition coefficient (Wildman–Crippen LogP) is -0.613. The molecule has 122 valence electrons. The van der Waals surface area contributed by atoms with E-state index in [0.29, 0.717) is 23.7 Å². The monoisotopic (exact) mass is 317 g/mol. The van der Waals surface area contributed by atoms with Crippen LogP contribution in [-0.4, -0.2) is 32.9 Å². The van der Waals surface area contributed by atoms with E-state index in [4.69, 9.17) is 0 Å². The Hall–Kier alpha value is -2.77. The Balaban J connectivity index is 2.41. The number of hydrogen-bond donors (Lipinski definition) is 1. The van der Waals surface area contributed by atoms with Gasteiger partial charge in [-0.05, 0) is 25.5 Å². The molecule has 0 radical (unpaired) electrons. The first-order valence-electron chi connectivity index (χ1n) is 7.31. The number of carboxylic acid groups (broad SMARTS) is 1. The van der Waals surface area contributed by atoms with Crippen molar-refractivity contribution < 1.29 is 14.7 Å². The number of aromatic nitrogens is 3. The molecular formula is C15H17N4O4-. The predicted molar refractivity (Wildman–Crippen MR) is 80.4 cm³/mol. The van der Waals surface area contributed by atoms with Crippen LogP contribution in [0.1, 0.15) is 32.7 Å². The van der Waals surface area contributed by atoms with E-state index in [2.05, 4.69) is 15.6 Å². The summed E-state index contributed by atoms with van der Waals surface area (Å²) in [5, 5.41) is 21.2. The summed E-state index contributed by atoms with van der Waals surface area (Å²) in [5.74, 6) is -2.00. The van der Waals surface area contributed by atoms with E-state index in [1.54, 1.807) is 24.3 Å². The summed E-state index contributed by atoms with van der Waals surface area (Å²) in [6.07, 6.45) is 0.942. The number of benzene rings is 1. The molecule has 1 aromatic carbocycles. The Kier molecular flexibility index (Phi) is 5.05. The Bertz CT molecular complexity index is 786. The summed E-state index contributed by atoms with van der Waals surface area (Å²) in [4.78, 5) is 35.6. The molecule has 2 aromatic rings. The van der Waals surface area contributed by atoms with Gasteiger partial charge in [0, 0.05) is 0 Å². The number of hydrogen-bond acceptors (Lipinski definition) is 6. The number of nitrogens with zero attached hydrogens (tertiary/aromatic N) is 3. The van der Waals surface area contributed by atoms with Crippen molar-refractivity contribution in [1.29, 1.82) is 0 Å². The summed E-state index contributed by atoms with van der Waals surface area (Å²) >= 11 is 0. The van der Waals surface area contributed by atoms with Crippen molar-refractivity contribution in [3.63, 3.8) is 0 Å². The minimum Gasteiger partial charge on any atom is -0.548 e. The van der Waals surface area contributed by atoms with Crippen LogP contribution in [0.15, 0.2) is 29.1 Å². The number of nitrogens with one attached hydrogen (secondary N) is 1. The maximum absolute atomic E-state index is 12.5. The molecular weight excluding hydrogens is 300 g/mol. The number of carbonyl (C=O) groups is 2. The molecule has 0 unspecified atom stereocenters. The molecule has 8 nitrogen and oxygen atoms in total. The minimum absolute atomic E-state index is 0.332. The fourth-order valence-corrected chi connectivity index (χ4v) is 2.21. The van der Waals surface area contributed by atoms with Crippen molar-refractivity contribution in [1.82, 2.24) is 20.3 Å². The summed E-state index contributed by atoms with van der Waals surface area (Å²) in [6, 6.07) is 4.60. The standard InChI is InChI=1S/C15H18N4O4/c1-3-6-12(13(20)16-9(2)15(22)23)19-14(21)10-7-4-5-8-11(10)17-18-19/h4-5,7-9,12H,3,6H2,1-2H3,(H,16,20)(H,22,23)/p-1/t9-,12-/m0/s1. The third-order valence-electron chi connectivity index (χ3n) is 3.46. The van der Waals surface area contributed by atoms with Crippen LogP contribution in [0.4, 0.5) is 0 Å². The number of fused-ring (bicyclic) bond motifs is 1. The van der Waals surface area contributed by atoms with E-state index < -0.39 is 29.5 Å². The third-order valence-corrected chi connectivity index (χ3v) is 3.46. The highest BCUT2D eigenvalue weighted by atomic mass is 16.4. The Morgan fingerprint density at radius 2 is 2.04 bits per heavy atom. The van der Waals surface area contributed by atoms with Gasteiger partial charge in [0.05, 0.1) is 17.4 Å². The van der Waals surface area contributed by atoms with Gasteiger partial charge in [0.1, 0.15) is 11.6 Å². The lowest BCUT2D eigenvalue weighted by Gasteiger charge is -2.21. The lowest BCUT2D eigenvalue weighted by atomic mass is 10.1. The number of carboxylic acids is 1. The summed E-state index contributed by atoms with van der Waals surface area (Å²) in [6.45, 7) is 3.15. The second kappa shape index (κ2) is 6.99. The van der Waals surface area contributed by atoms with Gasteiger partial charge in [-0.15, -0.1) is 5.10 Å². The van der Waals surface area contributed by atoms with Crippen LogP contribution >= 0.6 is 0 Å². The molecule has 0 aliphatic rings. The fraction of sp³-hybridized carbons (Fsp3) is 0.400. The van der Waals surface area contributed by atoms with Gasteiger partial charge >= 0.3 is 0 Å². The van der Waals surface area contributed by atoms with Crippen molar-refractivity contribution in [2.45, 2.75) is 38.8 Å². The molecule has 8 heteroatoms. The Morgan fingerprint density at radius 1 is 1.35 bits per heavy atom. The van der Waals surface area contributed by atoms with E-state index >= 15 is 0 Å². The minimum atomic E-state index is -1.40. The zero-order chi connectivity index (χ0) is 17.0. The summed E-state index contributed by atoms with van der Waals surface area (Å²) < 4.78 is 1.00. The molecule has 1 heterocycles. The molecule has 0 spiro atoms. The van der Waals surface area contributed by atoms with E-state index in [1.807, 2.05) is 6.92 Å². The first-order chi connectivity index (χ1) is 11.0. The zero-order valence-corrected chi connectivity index (χ0v) is 12.9. The van der Waals surface area contributed by atoms with Crippen LogP contribution in [0.25, 0.3) is 10.9 Å². The van der Waals surface area contributed by atoms with Crippen LogP contribution < -0.4 is 16.0 Å². The van der Waals surface area contributed by atoms with Gasteiger partial charge in [-0.25, -0.2) is 0 Å². The van der Waals surface area contributed by atoms with Crippen molar-refractivity contribution >= 4 is 22.8 Å². The van der Waals surface area contributed by atoms with Crippen LogP contribution in [-0.2, 0) is 9.59 Å². The number of rotatable bonds is 6. The van der Waals surface area contributed by atoms with Crippen LogP contribution in [0.5, 0.6) is 0 Å². The number of aliphatic carboxylic acids is 1. The molecule has 0 aliphatic heterocycles. The third kappa shape index (κ3) is 3.53. The normalized spacial score (nSPS) is 13.5. The van der Waals surface area contributed by atoms with Gasteiger partial charge in [0.2, 0.25) is 5.91 Å². The molecule has 1 aromatic heterocycles. The fourth-order valence-electron chi connectivity index (χ4n) is 2.21. The molecule has 0 saturated carbocycles. The van der Waals surface area contributed by atoms with Crippen LogP contribution in [0, 0.1) is 0 Å². The van der Waals surface area contributed by atoms with Crippen molar-refractivity contribution in [3.05, 3.63) is 34.6 Å². The Labute approximate surface area is 132 Å². The quantitative estimate of drug-likeness (QED) is 0.759. The number of carbonyl (C=O) groups excluding carboxylic acids is 2. The number of amides is 1. The lowest BCUT2D eigenvalue weighted by Crippen LogP contribution is -2.49. The maximum atomic E-state index is 12.5. The molecule has 0 fully saturated rings. The highest BCUT2D eigenvalue weighted by Crippen LogP contribution is 2.13. The molecule has 1 N–H and O–H groups in total. The van der Waals surface area contributed by atoms with Gasteiger partial charge in [0.15, 0.2) is 0 Å². The molecule has 2 rings (SSSR count). The highest BCUT2D eigenvalue weighted by Gasteiger charge is 2.24. The van der Waals surface area contributed by atoms with Crippen molar-refractivity contribution in [3.8, 4) is 0 Å². The van der Waals surface area contributed by atoms with Gasteiger partial charge < -0.3 is 15.2 Å². The van der Waals surface area contributed by atoms with E-state index in [9.17, 15) is 19.5 Å². The topological polar surface area (TPSA) is 117 Å². The van der Waals surface area contributed by atoms with Gasteiger partial charge in [-0.1, -0.05) is 30.7 Å².